The summed E-state index contributed by atoms with van der Waals surface area (Å²) in [5.41, 5.74) is 7.13. The van der Waals surface area contributed by atoms with Crippen LogP contribution in [0.15, 0.2) is 0 Å². The number of methoxy groups -OCH3 is 1. The molecule has 0 amide bonds. The fourth-order valence-electron chi connectivity index (χ4n) is 2.69. The van der Waals surface area contributed by atoms with E-state index in [0.29, 0.717) is 18.5 Å². The van der Waals surface area contributed by atoms with E-state index in [9.17, 15) is 0 Å². The average Bonchev–Trinajstić information content (AvgIpc) is 3.26. The van der Waals surface area contributed by atoms with E-state index in [4.69, 9.17) is 15.5 Å². The predicted molar refractivity (Wildman–Crippen MR) is 90.1 cm³/mol. The SMILES string of the molecule is CCC(C)c1nc(N(CCOC)C(C)C2CC2)sc1CN. The zero-order chi connectivity index (χ0) is 15.4. The molecule has 1 fully saturated rings. The molecule has 0 saturated heterocycles. The molecular formula is C16H29N3OS. The summed E-state index contributed by atoms with van der Waals surface area (Å²) in [5.74, 6) is 1.30. The minimum Gasteiger partial charge on any atom is -0.383 e. The number of hydrogen-bond acceptors (Lipinski definition) is 5. The van der Waals surface area contributed by atoms with Gasteiger partial charge in [-0.05, 0) is 38.0 Å². The van der Waals surface area contributed by atoms with Gasteiger partial charge < -0.3 is 15.4 Å². The summed E-state index contributed by atoms with van der Waals surface area (Å²) in [6, 6.07) is 0.543. The van der Waals surface area contributed by atoms with Crippen LogP contribution < -0.4 is 10.6 Å². The maximum atomic E-state index is 5.93. The number of rotatable bonds is 9. The molecule has 1 heterocycles. The summed E-state index contributed by atoms with van der Waals surface area (Å²) in [4.78, 5) is 8.61. The molecule has 0 radical (unpaired) electrons. The van der Waals surface area contributed by atoms with E-state index in [1.807, 2.05) is 0 Å². The van der Waals surface area contributed by atoms with Crippen LogP contribution in [-0.4, -0.2) is 31.3 Å². The van der Waals surface area contributed by atoms with Crippen LogP contribution in [0.25, 0.3) is 0 Å². The first-order valence-electron chi connectivity index (χ1n) is 8.07. The Morgan fingerprint density at radius 1 is 1.43 bits per heavy atom. The highest BCUT2D eigenvalue weighted by Crippen LogP contribution is 2.39. The van der Waals surface area contributed by atoms with Gasteiger partial charge >= 0.3 is 0 Å². The first-order chi connectivity index (χ1) is 10.1. The Hall–Kier alpha value is -0.650. The summed E-state index contributed by atoms with van der Waals surface area (Å²) < 4.78 is 5.29. The van der Waals surface area contributed by atoms with Crippen molar-refractivity contribution in [3.05, 3.63) is 10.6 Å². The number of aromatic nitrogens is 1. The molecule has 2 rings (SSSR count). The molecule has 4 nitrogen and oxygen atoms in total. The number of nitrogens with two attached hydrogens (primary N) is 1. The molecule has 1 aliphatic rings. The third-order valence-electron chi connectivity index (χ3n) is 4.56. The summed E-state index contributed by atoms with van der Waals surface area (Å²) in [6.07, 6.45) is 3.79. The highest BCUT2D eigenvalue weighted by atomic mass is 32.1. The van der Waals surface area contributed by atoms with Crippen LogP contribution in [0.5, 0.6) is 0 Å². The topological polar surface area (TPSA) is 51.4 Å². The van der Waals surface area contributed by atoms with Crippen molar-refractivity contribution in [2.75, 3.05) is 25.2 Å². The van der Waals surface area contributed by atoms with Crippen LogP contribution in [-0.2, 0) is 11.3 Å². The Morgan fingerprint density at radius 2 is 2.14 bits per heavy atom. The van der Waals surface area contributed by atoms with Gasteiger partial charge in [-0.3, -0.25) is 0 Å². The van der Waals surface area contributed by atoms with Crippen LogP contribution in [0.1, 0.15) is 56.5 Å². The average molecular weight is 311 g/mol. The van der Waals surface area contributed by atoms with E-state index in [1.165, 1.54) is 23.4 Å². The number of ether oxygens (including phenoxy) is 1. The van der Waals surface area contributed by atoms with Crippen LogP contribution in [0.4, 0.5) is 5.13 Å². The molecule has 0 spiro atoms. The van der Waals surface area contributed by atoms with E-state index in [-0.39, 0.29) is 0 Å². The van der Waals surface area contributed by atoms with Crippen molar-refractivity contribution in [3.63, 3.8) is 0 Å². The molecule has 1 saturated carbocycles. The first kappa shape index (κ1) is 16.7. The Kier molecular flexibility index (Phi) is 6.02. The quantitative estimate of drug-likeness (QED) is 0.759. The molecule has 2 unspecified atom stereocenters. The fourth-order valence-corrected chi connectivity index (χ4v) is 3.87. The second-order valence-electron chi connectivity index (χ2n) is 6.08. The molecule has 1 aromatic heterocycles. The molecule has 1 aromatic rings. The predicted octanol–water partition coefficient (Wildman–Crippen LogP) is 3.37. The Bertz CT molecular complexity index is 445. The first-order valence-corrected chi connectivity index (χ1v) is 8.89. The van der Waals surface area contributed by atoms with Crippen LogP contribution in [0, 0.1) is 5.92 Å². The van der Waals surface area contributed by atoms with E-state index in [0.717, 1.165) is 30.6 Å². The standard InChI is InChI=1S/C16H29N3OS/c1-5-11(2)15-14(10-17)21-16(18-15)19(8-9-20-4)12(3)13-6-7-13/h11-13H,5-10,17H2,1-4H3. The number of nitrogens with zero attached hydrogens (tertiary/aromatic N) is 2. The molecule has 0 bridgehead atoms. The largest absolute Gasteiger partial charge is 0.383 e. The molecule has 0 aromatic carbocycles. The minimum absolute atomic E-state index is 0.481. The molecule has 120 valence electrons. The Balaban J connectivity index is 2.23. The molecule has 5 heteroatoms. The third kappa shape index (κ3) is 3.96. The van der Waals surface area contributed by atoms with Crippen LogP contribution in [0.2, 0.25) is 0 Å². The second-order valence-corrected chi connectivity index (χ2v) is 7.14. The molecule has 1 aliphatic carbocycles. The van der Waals surface area contributed by atoms with Gasteiger partial charge in [0.2, 0.25) is 0 Å². The number of hydrogen-bond donors (Lipinski definition) is 1. The lowest BCUT2D eigenvalue weighted by molar-refractivity contribution is 0.202. The molecule has 2 N–H and O–H groups in total. The van der Waals surface area contributed by atoms with Crippen molar-refractivity contribution in [2.45, 2.75) is 58.5 Å². The zero-order valence-electron chi connectivity index (χ0n) is 13.8. The van der Waals surface area contributed by atoms with E-state index >= 15 is 0 Å². The molecule has 21 heavy (non-hydrogen) atoms. The van der Waals surface area contributed by atoms with Gasteiger partial charge in [-0.1, -0.05) is 13.8 Å². The van der Waals surface area contributed by atoms with Gasteiger partial charge in [0.15, 0.2) is 5.13 Å². The molecule has 2 atom stereocenters. The van der Waals surface area contributed by atoms with Gasteiger partial charge in [-0.15, -0.1) is 11.3 Å². The van der Waals surface area contributed by atoms with Crippen molar-refractivity contribution in [1.29, 1.82) is 0 Å². The second kappa shape index (κ2) is 7.56. The van der Waals surface area contributed by atoms with Gasteiger partial charge in [0.1, 0.15) is 0 Å². The smallest absolute Gasteiger partial charge is 0.186 e. The monoisotopic (exact) mass is 311 g/mol. The molecule has 0 aliphatic heterocycles. The number of thiazole rings is 1. The van der Waals surface area contributed by atoms with Crippen molar-refractivity contribution in [1.82, 2.24) is 4.98 Å². The highest BCUT2D eigenvalue weighted by Gasteiger charge is 2.33. The van der Waals surface area contributed by atoms with Gasteiger partial charge in [-0.2, -0.15) is 0 Å². The number of anilines is 1. The van der Waals surface area contributed by atoms with E-state index in [1.54, 1.807) is 18.4 Å². The van der Waals surface area contributed by atoms with Crippen molar-refractivity contribution >= 4 is 16.5 Å². The summed E-state index contributed by atoms with van der Waals surface area (Å²) >= 11 is 1.77. The third-order valence-corrected chi connectivity index (χ3v) is 5.69. The van der Waals surface area contributed by atoms with Crippen LogP contribution >= 0.6 is 11.3 Å². The Labute approximate surface area is 132 Å². The van der Waals surface area contributed by atoms with Crippen LogP contribution in [0.3, 0.4) is 0 Å². The van der Waals surface area contributed by atoms with Gasteiger partial charge in [-0.25, -0.2) is 4.98 Å². The van der Waals surface area contributed by atoms with Crippen molar-refractivity contribution in [3.8, 4) is 0 Å². The summed E-state index contributed by atoms with van der Waals surface area (Å²) in [5, 5.41) is 1.13. The minimum atomic E-state index is 0.481. The van der Waals surface area contributed by atoms with Gasteiger partial charge in [0.05, 0.1) is 12.3 Å². The zero-order valence-corrected chi connectivity index (χ0v) is 14.6. The lowest BCUT2D eigenvalue weighted by Gasteiger charge is -2.28. The highest BCUT2D eigenvalue weighted by molar-refractivity contribution is 7.15. The van der Waals surface area contributed by atoms with Gasteiger partial charge in [0.25, 0.3) is 0 Å². The van der Waals surface area contributed by atoms with Crippen molar-refractivity contribution < 1.29 is 4.74 Å². The van der Waals surface area contributed by atoms with E-state index < -0.39 is 0 Å². The van der Waals surface area contributed by atoms with E-state index in [2.05, 4.69) is 25.7 Å². The maximum absolute atomic E-state index is 5.93. The lowest BCUT2D eigenvalue weighted by atomic mass is 10.0. The Morgan fingerprint density at radius 3 is 2.67 bits per heavy atom. The normalized spacial score (nSPS) is 17.8. The summed E-state index contributed by atoms with van der Waals surface area (Å²) in [7, 11) is 1.76. The fraction of sp³-hybridized carbons (Fsp3) is 0.812. The van der Waals surface area contributed by atoms with Gasteiger partial charge in [0, 0.05) is 31.1 Å². The van der Waals surface area contributed by atoms with Crippen molar-refractivity contribution in [2.24, 2.45) is 11.7 Å². The lowest BCUT2D eigenvalue weighted by Crippen LogP contribution is -2.37. The summed E-state index contributed by atoms with van der Waals surface area (Å²) in [6.45, 7) is 9.01. The molecular weight excluding hydrogens is 282 g/mol. The maximum Gasteiger partial charge on any atom is 0.186 e.